The van der Waals surface area contributed by atoms with Crippen molar-refractivity contribution in [2.45, 2.75) is 18.2 Å². The van der Waals surface area contributed by atoms with Crippen LogP contribution < -0.4 is 9.46 Å². The molecule has 2 rings (SSSR count). The Morgan fingerprint density at radius 1 is 1.48 bits per heavy atom. The van der Waals surface area contributed by atoms with Crippen LogP contribution in [-0.2, 0) is 16.1 Å². The summed E-state index contributed by atoms with van der Waals surface area (Å²) in [5, 5.41) is 10.3. The van der Waals surface area contributed by atoms with Gasteiger partial charge in [-0.15, -0.1) is 0 Å². The molecule has 2 unspecified atom stereocenters. The summed E-state index contributed by atoms with van der Waals surface area (Å²) in [5.41, 5.74) is 0.00828. The number of aromatic hydroxyl groups is 1. The van der Waals surface area contributed by atoms with Crippen LogP contribution in [0.2, 0.25) is 0 Å². The number of esters is 1. The molecule has 2 atom stereocenters. The number of furan rings is 1. The van der Waals surface area contributed by atoms with E-state index >= 15 is 0 Å². The molecule has 0 aliphatic carbocycles. The number of ether oxygens (including phenoxy) is 1. The van der Waals surface area contributed by atoms with Crippen molar-refractivity contribution in [1.29, 1.82) is 0 Å². The molecule has 0 saturated carbocycles. The molecule has 0 fully saturated rings. The van der Waals surface area contributed by atoms with Crippen LogP contribution in [0.3, 0.4) is 0 Å². The molecular formula is C15H15BrFNO6S. The average molecular weight is 436 g/mol. The zero-order valence-electron chi connectivity index (χ0n) is 13.0. The van der Waals surface area contributed by atoms with Gasteiger partial charge in [0.15, 0.2) is 11.5 Å². The van der Waals surface area contributed by atoms with Crippen molar-refractivity contribution in [2.75, 3.05) is 6.54 Å². The average Bonchev–Trinajstić information content (AvgIpc) is 2.84. The first kappa shape index (κ1) is 19.6. The number of nitrogens with one attached hydrogen (secondary N) is 1. The second kappa shape index (κ2) is 8.56. The third kappa shape index (κ3) is 4.88. The maximum Gasteiger partial charge on any atom is 0.308 e. The van der Waals surface area contributed by atoms with Gasteiger partial charge in [0.25, 0.3) is 0 Å². The minimum absolute atomic E-state index is 0.00828. The highest BCUT2D eigenvalue weighted by atomic mass is 79.9. The summed E-state index contributed by atoms with van der Waals surface area (Å²) in [4.78, 5) is 10.7. The van der Waals surface area contributed by atoms with Gasteiger partial charge in [-0.3, -0.25) is 9.35 Å². The number of carbonyl (C=O) groups excluding carboxylic acids is 1. The number of alkyl halides is 1. The van der Waals surface area contributed by atoms with Crippen LogP contribution in [-0.4, -0.2) is 26.4 Å². The number of rotatable bonds is 7. The van der Waals surface area contributed by atoms with Crippen LogP contribution in [0, 0.1) is 5.82 Å². The molecular weight excluding hydrogens is 421 g/mol. The highest BCUT2D eigenvalue weighted by Crippen LogP contribution is 2.48. The normalized spacial score (nSPS) is 13.4. The first-order valence-corrected chi connectivity index (χ1v) is 9.11. The molecule has 3 N–H and O–H groups in total. The summed E-state index contributed by atoms with van der Waals surface area (Å²) in [6.45, 7) is 1.29. The topological polar surface area (TPSA) is 109 Å². The maximum atomic E-state index is 14.0. The van der Waals surface area contributed by atoms with Crippen molar-refractivity contribution in [2.24, 2.45) is 0 Å². The largest absolute Gasteiger partial charge is 0.502 e. The summed E-state index contributed by atoms with van der Waals surface area (Å²) < 4.78 is 46.2. The molecule has 0 aliphatic heterocycles. The third-order valence-electron chi connectivity index (χ3n) is 3.14. The van der Waals surface area contributed by atoms with Crippen molar-refractivity contribution in [3.05, 3.63) is 35.8 Å². The van der Waals surface area contributed by atoms with Gasteiger partial charge in [0.05, 0.1) is 10.4 Å². The van der Waals surface area contributed by atoms with E-state index in [1.807, 2.05) is 0 Å². The van der Waals surface area contributed by atoms with Gasteiger partial charge in [-0.1, -0.05) is 28.1 Å². The number of hydrogen-bond donors (Lipinski definition) is 3. The predicted octanol–water partition coefficient (Wildman–Crippen LogP) is 3.27. The minimum atomic E-state index is -2.17. The molecule has 0 aliphatic rings. The Hall–Kier alpha value is -1.75. The molecule has 0 spiro atoms. The molecule has 7 nitrogen and oxygen atoms in total. The summed E-state index contributed by atoms with van der Waals surface area (Å²) in [7, 11) is 0. The Bertz CT molecular complexity index is 796. The molecule has 1 heterocycles. The lowest BCUT2D eigenvalue weighted by Crippen LogP contribution is -2.18. The maximum absolute atomic E-state index is 14.0. The van der Waals surface area contributed by atoms with Crippen molar-refractivity contribution < 1.29 is 32.2 Å². The summed E-state index contributed by atoms with van der Waals surface area (Å²) in [6.07, 6.45) is 0.268. The van der Waals surface area contributed by atoms with Gasteiger partial charge >= 0.3 is 5.97 Å². The van der Waals surface area contributed by atoms with E-state index in [-0.39, 0.29) is 35.8 Å². The van der Waals surface area contributed by atoms with Gasteiger partial charge in [0.2, 0.25) is 22.8 Å². The standard InChI is InChI=1S/C15H15BrFNO6S/c1-8(19)23-15-12(20)13(9-4-2-3-5-11(9)17)24-14(15)10(16)6-7-18-25(21)22/h2-5,10,18,20H,6-7H2,1H3,(H,21,22). The first-order chi connectivity index (χ1) is 11.8. The lowest BCUT2D eigenvalue weighted by atomic mass is 10.1. The molecule has 10 heteroatoms. The van der Waals surface area contributed by atoms with Crippen LogP contribution in [0.15, 0.2) is 28.7 Å². The Balaban J connectivity index is 2.40. The molecule has 0 bridgehead atoms. The minimum Gasteiger partial charge on any atom is -0.502 e. The molecule has 1 aromatic carbocycles. The predicted molar refractivity (Wildman–Crippen MR) is 92.1 cm³/mol. The van der Waals surface area contributed by atoms with Crippen molar-refractivity contribution in [1.82, 2.24) is 4.72 Å². The number of carbonyl (C=O) groups is 1. The van der Waals surface area contributed by atoms with Gasteiger partial charge in [0, 0.05) is 13.5 Å². The van der Waals surface area contributed by atoms with E-state index in [0.717, 1.165) is 6.92 Å². The zero-order valence-corrected chi connectivity index (χ0v) is 15.4. The monoisotopic (exact) mass is 435 g/mol. The SMILES string of the molecule is CC(=O)Oc1c(C(Br)CCNS(=O)O)oc(-c2ccccc2F)c1O. The van der Waals surface area contributed by atoms with E-state index in [4.69, 9.17) is 13.7 Å². The zero-order chi connectivity index (χ0) is 18.6. The molecule has 25 heavy (non-hydrogen) atoms. The van der Waals surface area contributed by atoms with Crippen molar-refractivity contribution in [3.8, 4) is 22.8 Å². The first-order valence-electron chi connectivity index (χ1n) is 7.08. The molecule has 136 valence electrons. The fraction of sp³-hybridized carbons (Fsp3) is 0.267. The van der Waals surface area contributed by atoms with Gasteiger partial charge in [0.1, 0.15) is 5.82 Å². The Labute approximate surface area is 153 Å². The fourth-order valence-corrected chi connectivity index (χ4v) is 2.93. The van der Waals surface area contributed by atoms with Crippen molar-refractivity contribution in [3.63, 3.8) is 0 Å². The lowest BCUT2D eigenvalue weighted by molar-refractivity contribution is -0.132. The number of hydrogen-bond acceptors (Lipinski definition) is 5. The van der Waals surface area contributed by atoms with Crippen LogP contribution >= 0.6 is 15.9 Å². The van der Waals surface area contributed by atoms with Gasteiger partial charge in [-0.2, -0.15) is 0 Å². The Morgan fingerprint density at radius 3 is 2.76 bits per heavy atom. The highest BCUT2D eigenvalue weighted by Gasteiger charge is 2.29. The molecule has 0 amide bonds. The van der Waals surface area contributed by atoms with E-state index in [0.29, 0.717) is 0 Å². The molecule has 0 saturated heterocycles. The van der Waals surface area contributed by atoms with E-state index in [2.05, 4.69) is 20.7 Å². The fourth-order valence-electron chi connectivity index (χ4n) is 2.10. The molecule has 2 aromatic rings. The molecule has 1 aromatic heterocycles. The summed E-state index contributed by atoms with van der Waals surface area (Å²) in [6, 6.07) is 5.67. The van der Waals surface area contributed by atoms with E-state index in [1.54, 1.807) is 6.07 Å². The van der Waals surface area contributed by atoms with E-state index in [9.17, 15) is 18.5 Å². The lowest BCUT2D eigenvalue weighted by Gasteiger charge is -2.08. The van der Waals surface area contributed by atoms with Crippen molar-refractivity contribution >= 4 is 33.2 Å². The highest BCUT2D eigenvalue weighted by molar-refractivity contribution is 9.09. The second-order valence-corrected chi connectivity index (χ2v) is 6.84. The quantitative estimate of drug-likeness (QED) is 0.349. The van der Waals surface area contributed by atoms with Gasteiger partial charge in [-0.25, -0.2) is 13.3 Å². The Morgan fingerprint density at radius 2 is 2.16 bits per heavy atom. The van der Waals surface area contributed by atoms with Gasteiger partial charge < -0.3 is 14.3 Å². The van der Waals surface area contributed by atoms with Crippen LogP contribution in [0.25, 0.3) is 11.3 Å². The van der Waals surface area contributed by atoms with E-state index < -0.39 is 33.6 Å². The van der Waals surface area contributed by atoms with Crippen LogP contribution in [0.4, 0.5) is 4.39 Å². The van der Waals surface area contributed by atoms with Crippen LogP contribution in [0.1, 0.15) is 23.9 Å². The summed E-state index contributed by atoms with van der Waals surface area (Å²) in [5.74, 6) is -2.14. The number of benzene rings is 1. The smallest absolute Gasteiger partial charge is 0.308 e. The number of halogens is 2. The van der Waals surface area contributed by atoms with E-state index in [1.165, 1.54) is 18.2 Å². The summed E-state index contributed by atoms with van der Waals surface area (Å²) >= 11 is 1.13. The third-order valence-corrected chi connectivity index (χ3v) is 4.46. The molecule has 0 radical (unpaired) electrons. The van der Waals surface area contributed by atoms with Gasteiger partial charge in [-0.05, 0) is 18.6 Å². The van der Waals surface area contributed by atoms with Crippen LogP contribution in [0.5, 0.6) is 11.5 Å². The second-order valence-electron chi connectivity index (χ2n) is 4.95. The Kier molecular flexibility index (Phi) is 6.71.